The molecule has 0 bridgehead atoms. The number of aromatic hydroxyl groups is 1. The third-order valence-corrected chi connectivity index (χ3v) is 5.44. The highest BCUT2D eigenvalue weighted by molar-refractivity contribution is 5.95. The lowest BCUT2D eigenvalue weighted by Crippen LogP contribution is -2.57. The number of carboxylic acids is 2. The van der Waals surface area contributed by atoms with Gasteiger partial charge in [0.1, 0.15) is 29.9 Å². The summed E-state index contributed by atoms with van der Waals surface area (Å²) in [6.07, 6.45) is -0.774. The molecule has 0 aliphatic rings. The van der Waals surface area contributed by atoms with Crippen molar-refractivity contribution in [2.24, 2.45) is 17.0 Å². The summed E-state index contributed by atoms with van der Waals surface area (Å²) < 4.78 is 0. The van der Waals surface area contributed by atoms with Crippen LogP contribution in [0.4, 0.5) is 0 Å². The largest absolute Gasteiger partial charge is 0.508 e. The van der Waals surface area contributed by atoms with Gasteiger partial charge in [0, 0.05) is 11.3 Å². The number of carbonyl (C=O) groups is 5. The zero-order valence-corrected chi connectivity index (χ0v) is 21.6. The molecule has 208 valence electrons. The molecule has 0 unspecified atom stereocenters. The molecule has 14 nitrogen and oxygen atoms in total. The van der Waals surface area contributed by atoms with Crippen molar-refractivity contribution < 1.29 is 39.3 Å². The van der Waals surface area contributed by atoms with Gasteiger partial charge in [0.25, 0.3) is 0 Å². The molecule has 38 heavy (non-hydrogen) atoms. The number of nitrogens with one attached hydrogen (secondary N) is 3. The molecule has 0 fully saturated rings. The molecule has 0 aliphatic heterocycles. The third kappa shape index (κ3) is 10.7. The Balaban J connectivity index is 3.25. The first-order chi connectivity index (χ1) is 17.7. The van der Waals surface area contributed by atoms with Gasteiger partial charge in [-0.2, -0.15) is 0 Å². The highest BCUT2D eigenvalue weighted by Crippen LogP contribution is 2.13. The number of hydrogen-bond donors (Lipinski definition) is 6. The van der Waals surface area contributed by atoms with Crippen LogP contribution in [0.5, 0.6) is 5.75 Å². The average molecular weight is 535 g/mol. The minimum Gasteiger partial charge on any atom is -0.508 e. The number of hydrogen-bond acceptors (Lipinski definition) is 7. The second-order valence-electron chi connectivity index (χ2n) is 9.51. The van der Waals surface area contributed by atoms with Crippen molar-refractivity contribution in [1.29, 1.82) is 0 Å². The van der Waals surface area contributed by atoms with Crippen LogP contribution in [0.3, 0.4) is 0 Å². The van der Waals surface area contributed by atoms with Crippen LogP contribution in [0.1, 0.15) is 46.1 Å². The molecule has 0 spiro atoms. The van der Waals surface area contributed by atoms with Crippen molar-refractivity contribution in [2.75, 3.05) is 0 Å². The topological polar surface area (TPSA) is 231 Å². The molecule has 0 aliphatic carbocycles. The summed E-state index contributed by atoms with van der Waals surface area (Å²) >= 11 is 0. The SMILES string of the molecule is CC(C)C[C@H](NC(=O)[C@H](Cc1ccc(O)cc1)NC(=O)[C@H](CC(=O)O)N=[N+]=[N-])C(=O)N[C@H](C(=O)O)C(C)C. The highest BCUT2D eigenvalue weighted by atomic mass is 16.4. The Morgan fingerprint density at radius 2 is 1.45 bits per heavy atom. The van der Waals surface area contributed by atoms with E-state index in [1.54, 1.807) is 27.7 Å². The molecule has 14 heteroatoms. The first kappa shape index (κ1) is 31.7. The van der Waals surface area contributed by atoms with Crippen LogP contribution in [-0.4, -0.2) is 69.1 Å². The normalized spacial score (nSPS) is 13.9. The summed E-state index contributed by atoms with van der Waals surface area (Å²) in [6, 6.07) is 0.435. The number of carboxylic acid groups (broad SMARTS) is 2. The molecule has 0 saturated heterocycles. The van der Waals surface area contributed by atoms with Crippen LogP contribution in [0, 0.1) is 11.8 Å². The summed E-state index contributed by atoms with van der Waals surface area (Å²) in [4.78, 5) is 64.1. The van der Waals surface area contributed by atoms with Gasteiger partial charge in [-0.05, 0) is 41.5 Å². The fourth-order valence-electron chi connectivity index (χ4n) is 3.50. The molecular weight excluding hydrogens is 500 g/mol. The quantitative estimate of drug-likeness (QED) is 0.109. The Morgan fingerprint density at radius 3 is 1.92 bits per heavy atom. The zero-order valence-electron chi connectivity index (χ0n) is 21.6. The maximum Gasteiger partial charge on any atom is 0.326 e. The number of phenols is 1. The van der Waals surface area contributed by atoms with Crippen LogP contribution in [-0.2, 0) is 30.4 Å². The van der Waals surface area contributed by atoms with E-state index in [4.69, 9.17) is 10.6 Å². The summed E-state index contributed by atoms with van der Waals surface area (Å²) in [5.74, 6) is -5.72. The maximum atomic E-state index is 13.3. The number of rotatable bonds is 15. The van der Waals surface area contributed by atoms with Crippen LogP contribution >= 0.6 is 0 Å². The number of carbonyl (C=O) groups excluding carboxylic acids is 3. The summed E-state index contributed by atoms with van der Waals surface area (Å²) in [5, 5.41) is 38.5. The number of benzene rings is 1. The van der Waals surface area contributed by atoms with Gasteiger partial charge >= 0.3 is 11.9 Å². The van der Waals surface area contributed by atoms with E-state index in [1.807, 2.05) is 0 Å². The Labute approximate surface area is 219 Å². The van der Waals surface area contributed by atoms with Gasteiger partial charge in [-0.25, -0.2) is 4.79 Å². The second kappa shape index (κ2) is 15.1. The minimum absolute atomic E-state index is 0.0320. The van der Waals surface area contributed by atoms with Crippen molar-refractivity contribution in [2.45, 2.75) is 71.1 Å². The molecule has 0 heterocycles. The van der Waals surface area contributed by atoms with Crippen LogP contribution < -0.4 is 16.0 Å². The van der Waals surface area contributed by atoms with E-state index in [-0.39, 0.29) is 24.5 Å². The molecule has 4 atom stereocenters. The molecule has 1 aromatic rings. The molecule has 1 aromatic carbocycles. The summed E-state index contributed by atoms with van der Waals surface area (Å²) in [7, 11) is 0. The van der Waals surface area contributed by atoms with Crippen LogP contribution in [0.2, 0.25) is 0 Å². The molecule has 0 radical (unpaired) electrons. The number of azide groups is 1. The fraction of sp³-hybridized carbons (Fsp3) is 0.542. The summed E-state index contributed by atoms with van der Waals surface area (Å²) in [6.45, 7) is 6.84. The van der Waals surface area contributed by atoms with E-state index >= 15 is 0 Å². The van der Waals surface area contributed by atoms with E-state index in [0.717, 1.165) is 0 Å². The van der Waals surface area contributed by atoms with Gasteiger partial charge in [0.05, 0.1) is 6.42 Å². The van der Waals surface area contributed by atoms with Crippen molar-refractivity contribution in [3.8, 4) is 5.75 Å². The number of aliphatic carboxylic acids is 2. The van der Waals surface area contributed by atoms with Crippen molar-refractivity contribution >= 4 is 29.7 Å². The predicted molar refractivity (Wildman–Crippen MR) is 135 cm³/mol. The van der Waals surface area contributed by atoms with Gasteiger partial charge in [-0.15, -0.1) is 0 Å². The lowest BCUT2D eigenvalue weighted by atomic mass is 9.99. The van der Waals surface area contributed by atoms with E-state index in [1.165, 1.54) is 24.3 Å². The highest BCUT2D eigenvalue weighted by Gasteiger charge is 2.32. The first-order valence-electron chi connectivity index (χ1n) is 11.9. The Hall–Kier alpha value is -4.32. The third-order valence-electron chi connectivity index (χ3n) is 5.44. The molecule has 3 amide bonds. The van der Waals surface area contributed by atoms with E-state index in [0.29, 0.717) is 5.56 Å². The lowest BCUT2D eigenvalue weighted by Gasteiger charge is -2.27. The van der Waals surface area contributed by atoms with Crippen LogP contribution in [0.25, 0.3) is 10.4 Å². The first-order valence-corrected chi connectivity index (χ1v) is 11.9. The summed E-state index contributed by atoms with van der Waals surface area (Å²) in [5.41, 5.74) is 9.22. The van der Waals surface area contributed by atoms with Crippen LogP contribution in [0.15, 0.2) is 29.4 Å². The van der Waals surface area contributed by atoms with E-state index in [9.17, 15) is 34.2 Å². The Kier molecular flexibility index (Phi) is 12.6. The molecule has 1 rings (SSSR count). The van der Waals surface area contributed by atoms with E-state index < -0.39 is 66.2 Å². The average Bonchev–Trinajstić information content (AvgIpc) is 2.81. The van der Waals surface area contributed by atoms with Gasteiger partial charge in [0.15, 0.2) is 0 Å². The predicted octanol–water partition coefficient (Wildman–Crippen LogP) is 1.33. The van der Waals surface area contributed by atoms with Crippen molar-refractivity contribution in [3.63, 3.8) is 0 Å². The Bertz CT molecular complexity index is 1050. The molecular formula is C24H34N6O8. The number of amides is 3. The second-order valence-corrected chi connectivity index (χ2v) is 9.51. The minimum atomic E-state index is -1.63. The fourth-order valence-corrected chi connectivity index (χ4v) is 3.50. The molecule has 0 aromatic heterocycles. The number of phenolic OH excluding ortho intramolecular Hbond substituents is 1. The molecule has 6 N–H and O–H groups in total. The van der Waals surface area contributed by atoms with Gasteiger partial charge in [-0.3, -0.25) is 19.2 Å². The zero-order chi connectivity index (χ0) is 29.0. The maximum absolute atomic E-state index is 13.3. The van der Waals surface area contributed by atoms with Gasteiger partial charge in [0.2, 0.25) is 17.7 Å². The number of nitrogens with zero attached hydrogens (tertiary/aromatic N) is 3. The Morgan fingerprint density at radius 1 is 0.895 bits per heavy atom. The standard InChI is InChI=1S/C24H34N6O8/c1-12(2)9-16(22(35)28-20(13(3)4)24(37)38)26-21(34)17(10-14-5-7-15(31)8-6-14)27-23(36)18(29-30-25)11-19(32)33/h5-8,12-13,16-18,20,31H,9-11H2,1-4H3,(H,26,34)(H,27,36)(H,28,35)(H,32,33)(H,37,38)/t16-,17-,18-,20-/m0/s1. The van der Waals surface area contributed by atoms with Crippen molar-refractivity contribution in [1.82, 2.24) is 16.0 Å². The van der Waals surface area contributed by atoms with Gasteiger partial charge in [-0.1, -0.05) is 44.9 Å². The van der Waals surface area contributed by atoms with Gasteiger partial charge < -0.3 is 31.3 Å². The lowest BCUT2D eigenvalue weighted by molar-refractivity contribution is -0.143. The smallest absolute Gasteiger partial charge is 0.326 e. The monoisotopic (exact) mass is 534 g/mol. The van der Waals surface area contributed by atoms with E-state index in [2.05, 4.69) is 26.0 Å². The van der Waals surface area contributed by atoms with Crippen molar-refractivity contribution in [3.05, 3.63) is 40.3 Å². The molecule has 0 saturated carbocycles.